The summed E-state index contributed by atoms with van der Waals surface area (Å²) >= 11 is 0. The van der Waals surface area contributed by atoms with Crippen LogP contribution in [-0.4, -0.2) is 42.4 Å². The fourth-order valence-corrected chi connectivity index (χ4v) is 4.38. The minimum Gasteiger partial charge on any atom is -1.00 e. The summed E-state index contributed by atoms with van der Waals surface area (Å²) in [4.78, 5) is 2.70. The Bertz CT molecular complexity index is 1140. The highest BCUT2D eigenvalue weighted by Gasteiger charge is 2.11. The summed E-state index contributed by atoms with van der Waals surface area (Å²) < 4.78 is 10.4. The molecule has 0 bridgehead atoms. The highest BCUT2D eigenvalue weighted by atomic mass is 35.5. The predicted molar refractivity (Wildman–Crippen MR) is 159 cm³/mol. The van der Waals surface area contributed by atoms with E-state index in [9.17, 15) is 0 Å². The van der Waals surface area contributed by atoms with Crippen molar-refractivity contribution in [2.24, 2.45) is 0 Å². The first-order chi connectivity index (χ1) is 18.2. The van der Waals surface area contributed by atoms with Crippen molar-refractivity contribution in [3.63, 3.8) is 0 Å². The number of benzene rings is 4. The lowest BCUT2D eigenvalue weighted by molar-refractivity contribution is -0.786. The Morgan fingerprint density at radius 2 is 0.650 bits per heavy atom. The number of hydrogen-bond acceptors (Lipinski definition) is 2. The van der Waals surface area contributed by atoms with Gasteiger partial charge in [0.2, 0.25) is 0 Å². The van der Waals surface area contributed by atoms with E-state index in [4.69, 9.17) is 9.47 Å². The molecule has 4 rings (SSSR count). The van der Waals surface area contributed by atoms with Gasteiger partial charge in [-0.1, -0.05) is 62.4 Å². The second-order valence-electron chi connectivity index (χ2n) is 10.2. The fourth-order valence-electron chi connectivity index (χ4n) is 4.38. The molecule has 4 nitrogen and oxygen atoms in total. The largest absolute Gasteiger partial charge is 1.00 e. The quantitative estimate of drug-likeness (QED) is 0.286. The normalized spacial score (nSPS) is 11.8. The summed E-state index contributed by atoms with van der Waals surface area (Å²) in [5, 5.41) is 0. The molecule has 0 saturated heterocycles. The third-order valence-electron chi connectivity index (χ3n) is 7.21. The molecule has 4 aromatic carbocycles. The maximum absolute atomic E-state index is 5.19. The molecule has 2 atom stereocenters. The van der Waals surface area contributed by atoms with Crippen LogP contribution in [-0.2, 0) is 0 Å². The highest BCUT2D eigenvalue weighted by molar-refractivity contribution is 5.40. The number of halogens is 2. The Hall–Kier alpha value is -3.02. The van der Waals surface area contributed by atoms with Gasteiger partial charge in [-0.2, -0.15) is 0 Å². The van der Waals surface area contributed by atoms with Gasteiger partial charge in [-0.25, -0.2) is 0 Å². The zero-order valence-electron chi connectivity index (χ0n) is 25.0. The van der Waals surface area contributed by atoms with E-state index in [2.05, 4.69) is 115 Å². The molecular weight excluding hydrogens is 539 g/mol. The predicted octanol–water partition coefficient (Wildman–Crippen LogP) is -0.746. The van der Waals surface area contributed by atoms with Gasteiger partial charge in [0, 0.05) is 11.8 Å². The Kier molecular flexibility index (Phi) is 14.8. The Labute approximate surface area is 253 Å². The monoisotopic (exact) mass is 582 g/mol. The third kappa shape index (κ3) is 9.57. The van der Waals surface area contributed by atoms with Gasteiger partial charge >= 0.3 is 0 Å². The fraction of sp³-hybridized carbons (Fsp3) is 0.294. The first-order valence-electron chi connectivity index (χ1n) is 13.3. The average molecular weight is 584 g/mol. The van der Waals surface area contributed by atoms with Crippen LogP contribution in [0.3, 0.4) is 0 Å². The van der Waals surface area contributed by atoms with Crippen LogP contribution >= 0.6 is 0 Å². The summed E-state index contributed by atoms with van der Waals surface area (Å²) in [5.74, 6) is 2.61. The molecule has 0 saturated carbocycles. The number of nitrogens with one attached hydrogen (secondary N) is 2. The summed E-state index contributed by atoms with van der Waals surface area (Å²) in [7, 11) is 12.0. The molecule has 0 amide bonds. The van der Waals surface area contributed by atoms with Gasteiger partial charge in [0.1, 0.15) is 22.9 Å². The van der Waals surface area contributed by atoms with Crippen LogP contribution in [0.2, 0.25) is 0 Å². The molecule has 0 aliphatic rings. The number of methoxy groups -OCH3 is 2. The van der Waals surface area contributed by atoms with Crippen LogP contribution in [0.1, 0.15) is 47.9 Å². The summed E-state index contributed by atoms with van der Waals surface area (Å²) in [6, 6.07) is 34.3. The van der Waals surface area contributed by atoms with Gasteiger partial charge in [0.25, 0.3) is 0 Å². The second-order valence-corrected chi connectivity index (χ2v) is 10.2. The first kappa shape index (κ1) is 35.0. The number of rotatable bonds is 8. The average Bonchev–Trinajstić information content (AvgIpc) is 2.97. The van der Waals surface area contributed by atoms with Gasteiger partial charge < -0.3 is 44.1 Å². The molecule has 0 aliphatic heterocycles. The van der Waals surface area contributed by atoms with E-state index >= 15 is 0 Å². The summed E-state index contributed by atoms with van der Waals surface area (Å²) in [6.45, 7) is 4.47. The van der Waals surface area contributed by atoms with Crippen molar-refractivity contribution < 1.29 is 44.1 Å². The molecule has 216 valence electrons. The molecule has 0 unspecified atom stereocenters. The summed E-state index contributed by atoms with van der Waals surface area (Å²) in [6.07, 6.45) is 0. The molecule has 6 heteroatoms. The minimum atomic E-state index is 0. The number of hydrogen-bond donors (Lipinski definition) is 2. The molecule has 4 aromatic rings. The molecule has 0 fully saturated rings. The zero-order chi connectivity index (χ0) is 27.7. The van der Waals surface area contributed by atoms with Crippen molar-refractivity contribution in [2.75, 3.05) is 42.4 Å². The van der Waals surface area contributed by atoms with E-state index < -0.39 is 0 Å². The lowest BCUT2D eigenvalue weighted by Gasteiger charge is -2.14. The first-order valence-corrected chi connectivity index (χ1v) is 13.3. The van der Waals surface area contributed by atoms with Gasteiger partial charge in [-0.05, 0) is 70.8 Å². The molecule has 2 N–H and O–H groups in total. The molecule has 0 aliphatic carbocycles. The second kappa shape index (κ2) is 16.9. The van der Waals surface area contributed by atoms with Crippen LogP contribution < -0.4 is 44.1 Å². The molecule has 0 radical (unpaired) electrons. The molecule has 0 spiro atoms. The van der Waals surface area contributed by atoms with Crippen molar-refractivity contribution in [1.29, 1.82) is 0 Å². The van der Waals surface area contributed by atoms with E-state index in [-0.39, 0.29) is 24.8 Å². The van der Waals surface area contributed by atoms with E-state index in [1.165, 1.54) is 43.4 Å². The van der Waals surface area contributed by atoms with Crippen molar-refractivity contribution >= 4 is 11.4 Å². The molecule has 40 heavy (non-hydrogen) atoms. The zero-order valence-corrected chi connectivity index (χ0v) is 26.5. The molecule has 0 aromatic heterocycles. The molecular formula is C34H44Cl2N2O2. The third-order valence-corrected chi connectivity index (χ3v) is 7.21. The maximum atomic E-state index is 5.19. The van der Waals surface area contributed by atoms with Gasteiger partial charge in [0.05, 0.1) is 42.4 Å². The van der Waals surface area contributed by atoms with E-state index in [1.54, 1.807) is 14.2 Å². The highest BCUT2D eigenvalue weighted by Crippen LogP contribution is 2.27. The van der Waals surface area contributed by atoms with Crippen LogP contribution in [0.25, 0.3) is 0 Å². The Morgan fingerprint density at radius 3 is 0.850 bits per heavy atom. The SMILES string of the molecule is COc1ccc([C@H](C)c2ccc([NH+](C)C)cc2)cc1.COc1ccc([C@H](C)c2ccc([NH+](C)C)cc2)cc1.[Cl-].[Cl-]. The summed E-state index contributed by atoms with van der Waals surface area (Å²) in [5.41, 5.74) is 7.93. The van der Waals surface area contributed by atoms with E-state index in [0.29, 0.717) is 11.8 Å². The maximum Gasteiger partial charge on any atom is 0.130 e. The van der Waals surface area contributed by atoms with Crippen LogP contribution in [0, 0.1) is 0 Å². The standard InChI is InChI=1S/2C17H21NO.2ClH/c2*1-13(15-7-11-17(19-4)12-8-15)14-5-9-16(10-6-14)18(2)3;;/h2*5-13H,1-4H3;2*1H/t2*13-;;/m11../s1. The van der Waals surface area contributed by atoms with Crippen molar-refractivity contribution in [1.82, 2.24) is 0 Å². The lowest BCUT2D eigenvalue weighted by atomic mass is 9.93. The Morgan fingerprint density at radius 1 is 0.425 bits per heavy atom. The lowest BCUT2D eigenvalue weighted by Crippen LogP contribution is -3.00. The van der Waals surface area contributed by atoms with Crippen LogP contribution in [0.4, 0.5) is 11.4 Å². The minimum absolute atomic E-state index is 0. The number of quaternary nitrogens is 2. The number of ether oxygens (including phenoxy) is 2. The van der Waals surface area contributed by atoms with Gasteiger partial charge in [-0.3, -0.25) is 0 Å². The molecule has 0 heterocycles. The van der Waals surface area contributed by atoms with Crippen molar-refractivity contribution in [3.05, 3.63) is 119 Å². The van der Waals surface area contributed by atoms with Gasteiger partial charge in [0.15, 0.2) is 0 Å². The van der Waals surface area contributed by atoms with Crippen molar-refractivity contribution in [2.45, 2.75) is 25.7 Å². The van der Waals surface area contributed by atoms with Gasteiger partial charge in [-0.15, -0.1) is 0 Å². The van der Waals surface area contributed by atoms with E-state index in [1.807, 2.05) is 24.3 Å². The van der Waals surface area contributed by atoms with E-state index in [0.717, 1.165) is 11.5 Å². The Balaban J connectivity index is 0.000000381. The van der Waals surface area contributed by atoms with Crippen molar-refractivity contribution in [3.8, 4) is 11.5 Å². The topological polar surface area (TPSA) is 27.3 Å². The smallest absolute Gasteiger partial charge is 0.130 e. The van der Waals surface area contributed by atoms with Crippen LogP contribution in [0.5, 0.6) is 11.5 Å². The van der Waals surface area contributed by atoms with Crippen LogP contribution in [0.15, 0.2) is 97.1 Å².